The third-order valence-electron chi connectivity index (χ3n) is 5.76. The zero-order valence-corrected chi connectivity index (χ0v) is 14.1. The molecule has 2 atom stereocenters. The lowest BCUT2D eigenvalue weighted by atomic mass is 9.79. The average molecular weight is 307 g/mol. The van der Waals surface area contributed by atoms with E-state index in [1.165, 1.54) is 69.1 Å². The Kier molecular flexibility index (Phi) is 6.20. The van der Waals surface area contributed by atoms with E-state index >= 15 is 0 Å². The molecular weight excluding hydrogens is 274 g/mol. The van der Waals surface area contributed by atoms with Gasteiger partial charge >= 0.3 is 0 Å². The number of nitrogens with zero attached hydrogens (tertiary/aromatic N) is 1. The van der Waals surface area contributed by atoms with E-state index in [0.717, 1.165) is 39.1 Å². The maximum absolute atomic E-state index is 10.6. The Morgan fingerprint density at radius 2 is 1.50 bits per heavy atom. The highest BCUT2D eigenvalue weighted by Crippen LogP contribution is 2.38. The van der Waals surface area contributed by atoms with Gasteiger partial charge in [0, 0.05) is 18.8 Å². The molecule has 126 valence electrons. The van der Waals surface area contributed by atoms with Crippen LogP contribution >= 0.6 is 0 Å². The molecular formula is C19H33NO2. The first-order chi connectivity index (χ1) is 10.9. The van der Waals surface area contributed by atoms with Crippen LogP contribution in [-0.4, -0.2) is 42.4 Å². The van der Waals surface area contributed by atoms with Gasteiger partial charge in [-0.2, -0.15) is 0 Å². The van der Waals surface area contributed by atoms with Crippen molar-refractivity contribution in [3.8, 4) is 0 Å². The fourth-order valence-electron chi connectivity index (χ4n) is 4.53. The number of allylic oxidation sites excluding steroid dienone is 1. The summed E-state index contributed by atoms with van der Waals surface area (Å²) in [5.41, 5.74) is 2.92. The summed E-state index contributed by atoms with van der Waals surface area (Å²) in [6.45, 7) is 3.73. The lowest BCUT2D eigenvalue weighted by Crippen LogP contribution is -2.41. The van der Waals surface area contributed by atoms with Gasteiger partial charge in [0.15, 0.2) is 0 Å². The molecule has 1 N–H and O–H groups in total. The SMILES string of the molecule is OC1CCC2CCCCCCCCCC1=C2N1CCOCC1. The smallest absolute Gasteiger partial charge is 0.0770 e. The molecule has 1 heterocycles. The molecule has 0 aromatic heterocycles. The van der Waals surface area contributed by atoms with E-state index in [2.05, 4.69) is 4.90 Å². The molecule has 0 aromatic rings. The normalized spacial score (nSPS) is 32.3. The first kappa shape index (κ1) is 16.3. The Morgan fingerprint density at radius 1 is 0.818 bits per heavy atom. The highest BCUT2D eigenvalue weighted by molar-refractivity contribution is 5.24. The Bertz CT molecular complexity index is 374. The zero-order chi connectivity index (χ0) is 15.2. The molecule has 2 aliphatic carbocycles. The number of fused-ring (bicyclic) bond motifs is 1. The quantitative estimate of drug-likeness (QED) is 0.798. The van der Waals surface area contributed by atoms with Gasteiger partial charge in [-0.1, -0.05) is 38.5 Å². The highest BCUT2D eigenvalue weighted by atomic mass is 16.5. The van der Waals surface area contributed by atoms with Crippen LogP contribution in [0.15, 0.2) is 11.3 Å². The van der Waals surface area contributed by atoms with Crippen molar-refractivity contribution in [3.63, 3.8) is 0 Å². The highest BCUT2D eigenvalue weighted by Gasteiger charge is 2.32. The first-order valence-corrected chi connectivity index (χ1v) is 9.60. The van der Waals surface area contributed by atoms with Crippen LogP contribution < -0.4 is 0 Å². The number of ether oxygens (including phenoxy) is 1. The molecule has 0 aromatic carbocycles. The molecule has 3 rings (SSSR count). The van der Waals surface area contributed by atoms with Crippen molar-refractivity contribution < 1.29 is 9.84 Å². The second kappa shape index (κ2) is 8.35. The maximum Gasteiger partial charge on any atom is 0.0770 e. The number of hydrogen-bond donors (Lipinski definition) is 1. The van der Waals surface area contributed by atoms with Gasteiger partial charge in [0.1, 0.15) is 0 Å². The lowest BCUT2D eigenvalue weighted by Gasteiger charge is -2.41. The van der Waals surface area contributed by atoms with Crippen LogP contribution in [0.25, 0.3) is 0 Å². The van der Waals surface area contributed by atoms with E-state index < -0.39 is 0 Å². The van der Waals surface area contributed by atoms with Gasteiger partial charge in [-0.05, 0) is 43.6 Å². The molecule has 3 heteroatoms. The van der Waals surface area contributed by atoms with Gasteiger partial charge in [-0.25, -0.2) is 0 Å². The van der Waals surface area contributed by atoms with Crippen molar-refractivity contribution in [2.45, 2.75) is 76.7 Å². The van der Waals surface area contributed by atoms with E-state index in [9.17, 15) is 5.11 Å². The van der Waals surface area contributed by atoms with E-state index in [1.807, 2.05) is 0 Å². The van der Waals surface area contributed by atoms with Crippen LogP contribution in [0.3, 0.4) is 0 Å². The fraction of sp³-hybridized carbons (Fsp3) is 0.895. The molecule has 0 spiro atoms. The molecule has 0 saturated carbocycles. The monoisotopic (exact) mass is 307 g/mol. The van der Waals surface area contributed by atoms with Gasteiger partial charge in [0.2, 0.25) is 0 Å². The Hall–Kier alpha value is -0.540. The maximum atomic E-state index is 10.6. The molecule has 1 saturated heterocycles. The third kappa shape index (κ3) is 4.05. The van der Waals surface area contributed by atoms with Crippen LogP contribution in [0.2, 0.25) is 0 Å². The molecule has 0 radical (unpaired) electrons. The molecule has 22 heavy (non-hydrogen) atoms. The van der Waals surface area contributed by atoms with Crippen LogP contribution in [0.5, 0.6) is 0 Å². The van der Waals surface area contributed by atoms with Crippen LogP contribution in [0, 0.1) is 5.92 Å². The fourth-order valence-corrected chi connectivity index (χ4v) is 4.53. The summed E-state index contributed by atoms with van der Waals surface area (Å²) < 4.78 is 5.55. The second-order valence-corrected chi connectivity index (χ2v) is 7.31. The molecule has 2 bridgehead atoms. The standard InChI is InChI=1S/C19H33NO2/c21-18-11-10-16-8-6-4-2-1-3-5-7-9-17(18)19(16)20-12-14-22-15-13-20/h16,18,21H,1-15H2. The second-order valence-electron chi connectivity index (χ2n) is 7.31. The van der Waals surface area contributed by atoms with E-state index in [4.69, 9.17) is 4.74 Å². The van der Waals surface area contributed by atoms with Crippen molar-refractivity contribution in [1.29, 1.82) is 0 Å². The minimum Gasteiger partial charge on any atom is -0.389 e. The average Bonchev–Trinajstić information content (AvgIpc) is 2.54. The van der Waals surface area contributed by atoms with Gasteiger partial charge in [-0.3, -0.25) is 0 Å². The van der Waals surface area contributed by atoms with Gasteiger partial charge in [0.05, 0.1) is 19.3 Å². The summed E-state index contributed by atoms with van der Waals surface area (Å²) in [5, 5.41) is 10.6. The Morgan fingerprint density at radius 3 is 2.27 bits per heavy atom. The number of hydrogen-bond acceptors (Lipinski definition) is 3. The van der Waals surface area contributed by atoms with Crippen molar-refractivity contribution in [2.24, 2.45) is 5.92 Å². The predicted octanol–water partition coefficient (Wildman–Crippen LogP) is 3.87. The number of aliphatic hydroxyl groups excluding tert-OH is 1. The van der Waals surface area contributed by atoms with Crippen molar-refractivity contribution >= 4 is 0 Å². The van der Waals surface area contributed by atoms with Crippen LogP contribution in [0.1, 0.15) is 70.6 Å². The molecule has 1 fully saturated rings. The molecule has 1 aliphatic heterocycles. The number of aliphatic hydroxyl groups is 1. The Balaban J connectivity index is 1.82. The predicted molar refractivity (Wildman–Crippen MR) is 89.7 cm³/mol. The molecule has 3 aliphatic rings. The third-order valence-corrected chi connectivity index (χ3v) is 5.76. The summed E-state index contributed by atoms with van der Waals surface area (Å²) in [6, 6.07) is 0. The Labute approximate surface area is 135 Å². The first-order valence-electron chi connectivity index (χ1n) is 9.60. The largest absolute Gasteiger partial charge is 0.389 e. The van der Waals surface area contributed by atoms with Crippen LogP contribution in [-0.2, 0) is 4.74 Å². The molecule has 3 nitrogen and oxygen atoms in total. The lowest BCUT2D eigenvalue weighted by molar-refractivity contribution is 0.0411. The summed E-state index contributed by atoms with van der Waals surface area (Å²) in [4.78, 5) is 2.55. The minimum atomic E-state index is -0.183. The summed E-state index contributed by atoms with van der Waals surface area (Å²) >= 11 is 0. The van der Waals surface area contributed by atoms with Gasteiger partial charge < -0.3 is 14.7 Å². The minimum absolute atomic E-state index is 0.183. The summed E-state index contributed by atoms with van der Waals surface area (Å²) in [5.74, 6) is 0.691. The van der Waals surface area contributed by atoms with E-state index in [-0.39, 0.29) is 6.10 Å². The van der Waals surface area contributed by atoms with Gasteiger partial charge in [0.25, 0.3) is 0 Å². The number of rotatable bonds is 1. The van der Waals surface area contributed by atoms with Crippen molar-refractivity contribution in [1.82, 2.24) is 4.90 Å². The van der Waals surface area contributed by atoms with Crippen molar-refractivity contribution in [2.75, 3.05) is 26.3 Å². The number of morpholine rings is 1. The van der Waals surface area contributed by atoms with Gasteiger partial charge in [-0.15, -0.1) is 0 Å². The summed E-state index contributed by atoms with van der Waals surface area (Å²) in [6.07, 6.45) is 14.0. The van der Waals surface area contributed by atoms with Crippen molar-refractivity contribution in [3.05, 3.63) is 11.3 Å². The van der Waals surface area contributed by atoms with E-state index in [0.29, 0.717) is 5.92 Å². The summed E-state index contributed by atoms with van der Waals surface area (Å²) in [7, 11) is 0. The molecule has 0 amide bonds. The van der Waals surface area contributed by atoms with E-state index in [1.54, 1.807) is 0 Å². The zero-order valence-electron chi connectivity index (χ0n) is 14.1. The topological polar surface area (TPSA) is 32.7 Å². The van der Waals surface area contributed by atoms with Crippen LogP contribution in [0.4, 0.5) is 0 Å². The molecule has 2 unspecified atom stereocenters.